The van der Waals surface area contributed by atoms with Gasteiger partial charge < -0.3 is 19.5 Å². The van der Waals surface area contributed by atoms with Crippen molar-refractivity contribution >= 4 is 56.6 Å². The Morgan fingerprint density at radius 1 is 0.879 bits per heavy atom. The van der Waals surface area contributed by atoms with Gasteiger partial charge in [-0.1, -0.05) is 110 Å². The molecular formula is C47H59ClN4O5S. The highest BCUT2D eigenvalue weighted by molar-refractivity contribution is 7.13. The van der Waals surface area contributed by atoms with Crippen LogP contribution in [0.2, 0.25) is 5.02 Å². The SMILES string of the molecule is CC/C=C\C/C=C\C/C=C\C/C=C\C/C=C\C/C=C\CCC(O)OC(C(=O)OCC)N1C(=O)Cc2cc(CCN3CCN(c4nsc5ccccc45)CC3)c(Cl)cc21. The summed E-state index contributed by atoms with van der Waals surface area (Å²) in [6.45, 7) is 8.41. The number of piperazine rings is 1. The van der Waals surface area contributed by atoms with Crippen LogP contribution < -0.4 is 9.80 Å². The van der Waals surface area contributed by atoms with E-state index in [0.717, 1.165) is 94.6 Å². The van der Waals surface area contributed by atoms with Crippen molar-refractivity contribution in [3.05, 3.63) is 125 Å². The Morgan fingerprint density at radius 3 is 2.14 bits per heavy atom. The predicted molar refractivity (Wildman–Crippen MR) is 240 cm³/mol. The van der Waals surface area contributed by atoms with E-state index in [1.807, 2.05) is 24.3 Å². The minimum absolute atomic E-state index is 0.105. The van der Waals surface area contributed by atoms with Crippen LogP contribution in [0.1, 0.15) is 76.3 Å². The van der Waals surface area contributed by atoms with Crippen LogP contribution in [0.15, 0.2) is 109 Å². The summed E-state index contributed by atoms with van der Waals surface area (Å²) < 4.78 is 17.1. The zero-order chi connectivity index (χ0) is 41.0. The maximum absolute atomic E-state index is 13.4. The lowest BCUT2D eigenvalue weighted by atomic mass is 10.1. The lowest BCUT2D eigenvalue weighted by Crippen LogP contribution is -2.48. The molecule has 5 rings (SSSR count). The lowest BCUT2D eigenvalue weighted by molar-refractivity contribution is -0.181. The van der Waals surface area contributed by atoms with Gasteiger partial charge in [0.1, 0.15) is 5.82 Å². The van der Waals surface area contributed by atoms with Gasteiger partial charge in [-0.25, -0.2) is 4.79 Å². The number of rotatable bonds is 23. The summed E-state index contributed by atoms with van der Waals surface area (Å²) in [6.07, 6.45) is 30.3. The first kappa shape index (κ1) is 44.8. The van der Waals surface area contributed by atoms with Gasteiger partial charge in [-0.2, -0.15) is 4.37 Å². The van der Waals surface area contributed by atoms with Crippen molar-refractivity contribution in [1.29, 1.82) is 0 Å². The zero-order valence-electron chi connectivity index (χ0n) is 34.0. The Bertz CT molecular complexity index is 1940. The molecule has 2 aliphatic heterocycles. The average molecular weight is 828 g/mol. The molecule has 11 heteroatoms. The number of esters is 1. The quantitative estimate of drug-likeness (QED) is 0.0574. The molecule has 1 fully saturated rings. The molecule has 2 aliphatic rings. The molecule has 3 aromatic rings. The number of benzene rings is 2. The third-order valence-electron chi connectivity index (χ3n) is 10.0. The number of carbonyl (C=O) groups is 2. The fourth-order valence-corrected chi connectivity index (χ4v) is 8.00. The molecule has 3 heterocycles. The van der Waals surface area contributed by atoms with Crippen LogP contribution >= 0.6 is 23.1 Å². The Morgan fingerprint density at radius 2 is 1.50 bits per heavy atom. The van der Waals surface area contributed by atoms with Crippen LogP contribution in [0.4, 0.5) is 11.5 Å². The number of hydrogen-bond donors (Lipinski definition) is 1. The number of allylic oxidation sites excluding steroid dienone is 12. The molecule has 2 atom stereocenters. The van der Waals surface area contributed by atoms with Gasteiger partial charge in [0.05, 0.1) is 23.4 Å². The number of aromatic nitrogens is 1. The van der Waals surface area contributed by atoms with Crippen molar-refractivity contribution in [1.82, 2.24) is 9.27 Å². The van der Waals surface area contributed by atoms with Gasteiger partial charge in [-0.3, -0.25) is 14.6 Å². The topological polar surface area (TPSA) is 95.4 Å². The second-order valence-corrected chi connectivity index (χ2v) is 15.5. The summed E-state index contributed by atoms with van der Waals surface area (Å²) in [7, 11) is 0. The van der Waals surface area contributed by atoms with Crippen molar-refractivity contribution in [2.24, 2.45) is 0 Å². The van der Waals surface area contributed by atoms with Crippen LogP contribution in [0.5, 0.6) is 0 Å². The standard InChI is InChI=1S/C47H59ClN4O5S/c1-3-5-6-7-8-9-10-11-12-13-14-15-16-17-18-19-20-21-22-27-44(54)57-46(47(55)56-4-2)52-41-36-40(48)37(34-38(41)35-43(52)53)28-29-50-30-32-51(33-31-50)45-39-25-23-24-26-42(39)58-49-45/h5-6,8-9,11-12,14-15,17-18,20-21,23-26,34,36,44,46,54H,3-4,7,10,13,16,19,22,27-33,35H2,1-2H3/b6-5-,9-8-,12-11-,15-14-,18-17-,21-20-. The number of halogens is 1. The second kappa shape index (κ2) is 24.6. The van der Waals surface area contributed by atoms with Gasteiger partial charge in [0.25, 0.3) is 0 Å². The molecule has 2 unspecified atom stereocenters. The first-order chi connectivity index (χ1) is 28.4. The van der Waals surface area contributed by atoms with E-state index in [0.29, 0.717) is 17.1 Å². The van der Waals surface area contributed by atoms with E-state index in [4.69, 9.17) is 25.4 Å². The van der Waals surface area contributed by atoms with E-state index >= 15 is 0 Å². The second-order valence-electron chi connectivity index (χ2n) is 14.3. The molecule has 0 saturated carbocycles. The molecule has 1 N–H and O–H groups in total. The molecule has 0 aliphatic carbocycles. The summed E-state index contributed by atoms with van der Waals surface area (Å²) in [4.78, 5) is 32.6. The molecule has 1 saturated heterocycles. The van der Waals surface area contributed by atoms with Crippen molar-refractivity contribution in [2.45, 2.75) is 90.6 Å². The maximum atomic E-state index is 13.4. The van der Waals surface area contributed by atoms with Gasteiger partial charge in [0, 0.05) is 49.6 Å². The summed E-state index contributed by atoms with van der Waals surface area (Å²) >= 11 is 8.37. The van der Waals surface area contributed by atoms with E-state index in [1.54, 1.807) is 24.5 Å². The first-order valence-electron chi connectivity index (χ1n) is 20.7. The fourth-order valence-electron chi connectivity index (χ4n) is 6.95. The molecule has 0 bridgehead atoms. The largest absolute Gasteiger partial charge is 0.463 e. The Labute approximate surface area is 353 Å². The van der Waals surface area contributed by atoms with Gasteiger partial charge in [-0.05, 0) is 99.1 Å². The van der Waals surface area contributed by atoms with E-state index in [2.05, 4.69) is 95.7 Å². The number of fused-ring (bicyclic) bond motifs is 2. The average Bonchev–Trinajstić information content (AvgIpc) is 3.80. The van der Waals surface area contributed by atoms with E-state index in [1.165, 1.54) is 15.0 Å². The molecule has 58 heavy (non-hydrogen) atoms. The minimum atomic E-state index is -1.43. The smallest absolute Gasteiger partial charge is 0.357 e. The molecule has 2 aromatic carbocycles. The van der Waals surface area contributed by atoms with Gasteiger partial charge >= 0.3 is 5.97 Å². The highest BCUT2D eigenvalue weighted by Crippen LogP contribution is 2.37. The number of aliphatic hydroxyl groups excluding tert-OH is 1. The Kier molecular flexibility index (Phi) is 19.0. The van der Waals surface area contributed by atoms with Crippen LogP contribution in [0.3, 0.4) is 0 Å². The first-order valence-corrected chi connectivity index (χ1v) is 21.9. The summed E-state index contributed by atoms with van der Waals surface area (Å²) in [5.41, 5.74) is 2.23. The summed E-state index contributed by atoms with van der Waals surface area (Å²) in [5.74, 6) is 0.0245. The normalized spacial score (nSPS) is 16.5. The van der Waals surface area contributed by atoms with Crippen LogP contribution in [0.25, 0.3) is 10.1 Å². The van der Waals surface area contributed by atoms with Gasteiger partial charge in [0.15, 0.2) is 6.29 Å². The maximum Gasteiger partial charge on any atom is 0.357 e. The summed E-state index contributed by atoms with van der Waals surface area (Å²) in [5, 5.41) is 12.5. The number of ether oxygens (including phenoxy) is 2. The number of nitrogens with zero attached hydrogens (tertiary/aromatic N) is 4. The molecule has 310 valence electrons. The Hall–Kier alpha value is -4.32. The van der Waals surface area contributed by atoms with E-state index in [-0.39, 0.29) is 25.4 Å². The van der Waals surface area contributed by atoms with E-state index in [9.17, 15) is 14.7 Å². The van der Waals surface area contributed by atoms with Crippen molar-refractivity contribution in [2.75, 3.05) is 49.1 Å². The monoisotopic (exact) mass is 826 g/mol. The third-order valence-corrected chi connectivity index (χ3v) is 11.2. The zero-order valence-corrected chi connectivity index (χ0v) is 35.6. The highest BCUT2D eigenvalue weighted by Gasteiger charge is 2.40. The molecule has 0 radical (unpaired) electrons. The van der Waals surface area contributed by atoms with Crippen LogP contribution in [0, 0.1) is 0 Å². The van der Waals surface area contributed by atoms with E-state index < -0.39 is 18.5 Å². The minimum Gasteiger partial charge on any atom is -0.463 e. The number of amides is 1. The number of anilines is 2. The molecule has 9 nitrogen and oxygen atoms in total. The third kappa shape index (κ3) is 13.6. The fraction of sp³-hybridized carbons (Fsp3) is 0.426. The predicted octanol–water partition coefficient (Wildman–Crippen LogP) is 9.91. The van der Waals surface area contributed by atoms with Crippen molar-refractivity contribution in [3.8, 4) is 0 Å². The Balaban J connectivity index is 1.04. The number of aliphatic hydroxyl groups is 1. The molecule has 1 aromatic heterocycles. The summed E-state index contributed by atoms with van der Waals surface area (Å²) in [6, 6.07) is 12.1. The van der Waals surface area contributed by atoms with Crippen molar-refractivity contribution < 1.29 is 24.2 Å². The van der Waals surface area contributed by atoms with Crippen LogP contribution in [-0.4, -0.2) is 78.1 Å². The van der Waals surface area contributed by atoms with Gasteiger partial charge in [0.2, 0.25) is 12.1 Å². The molecular weight excluding hydrogens is 768 g/mol. The molecule has 0 spiro atoms. The lowest BCUT2D eigenvalue weighted by Gasteiger charge is -2.35. The van der Waals surface area contributed by atoms with Crippen molar-refractivity contribution in [3.63, 3.8) is 0 Å². The number of carbonyl (C=O) groups excluding carboxylic acids is 2. The highest BCUT2D eigenvalue weighted by atomic mass is 35.5. The van der Waals surface area contributed by atoms with Gasteiger partial charge in [-0.15, -0.1) is 0 Å². The molecule has 1 amide bonds. The van der Waals surface area contributed by atoms with Crippen LogP contribution in [-0.2, 0) is 31.9 Å². The number of hydrogen-bond acceptors (Lipinski definition) is 9.